The zero-order chi connectivity index (χ0) is 16.4. The normalized spacial score (nSPS) is 32.3. The number of hydrogen-bond donors (Lipinski definition) is 3. The molecule has 126 valence electrons. The Morgan fingerprint density at radius 3 is 2.43 bits per heavy atom. The Hall–Kier alpha value is 0.488. The first-order valence-electron chi connectivity index (χ1n) is 6.18. The molecule has 0 spiro atoms. The van der Waals surface area contributed by atoms with E-state index >= 15 is 0 Å². The van der Waals surface area contributed by atoms with Crippen LogP contribution in [0.3, 0.4) is 0 Å². The summed E-state index contributed by atoms with van der Waals surface area (Å²) in [4.78, 5) is 0. The molecule has 1 aliphatic rings. The first-order valence-corrected chi connectivity index (χ1v) is 15.5. The van der Waals surface area contributed by atoms with Crippen molar-refractivity contribution in [1.82, 2.24) is 0 Å². The van der Waals surface area contributed by atoms with Crippen molar-refractivity contribution in [3.05, 3.63) is 0 Å². The van der Waals surface area contributed by atoms with Crippen LogP contribution in [0.25, 0.3) is 0 Å². The topological polar surface area (TPSA) is 136 Å². The average Bonchev–Trinajstić information content (AvgIpc) is 2.50. The van der Waals surface area contributed by atoms with Crippen molar-refractivity contribution in [1.29, 1.82) is 0 Å². The molecule has 5 atom stereocenters. The van der Waals surface area contributed by atoms with Crippen LogP contribution in [-0.4, -0.2) is 83.2 Å². The van der Waals surface area contributed by atoms with Crippen LogP contribution in [-0.2, 0) is 19.6 Å². The van der Waals surface area contributed by atoms with E-state index in [-0.39, 0.29) is 0 Å². The third kappa shape index (κ3) is 7.06. The van der Waals surface area contributed by atoms with Crippen LogP contribution in [0.4, 0.5) is 0 Å². The van der Waals surface area contributed by atoms with E-state index in [1.54, 1.807) is 0 Å². The van der Waals surface area contributed by atoms with Crippen molar-refractivity contribution >= 4 is 32.4 Å². The SMILES string of the molecule is C[As](C)(=S)C[C@H]1O[C@@H](OCC(O)CS(=O)(=O)[O-])[C@H](O)[C@@H]1O. The van der Waals surface area contributed by atoms with Gasteiger partial charge in [0.25, 0.3) is 0 Å². The number of aliphatic hydroxyl groups excluding tert-OH is 3. The summed E-state index contributed by atoms with van der Waals surface area (Å²) < 4.78 is 41.8. The first-order chi connectivity index (χ1) is 9.39. The van der Waals surface area contributed by atoms with Gasteiger partial charge in [0.2, 0.25) is 0 Å². The third-order valence-corrected chi connectivity index (χ3v) is 6.96. The fourth-order valence-corrected chi connectivity index (χ4v) is 5.71. The zero-order valence-electron chi connectivity index (χ0n) is 11.7. The number of hydrogen-bond acceptors (Lipinski definition) is 9. The Morgan fingerprint density at radius 1 is 1.38 bits per heavy atom. The molecule has 0 aliphatic carbocycles. The van der Waals surface area contributed by atoms with Gasteiger partial charge in [0.05, 0.1) is 0 Å². The van der Waals surface area contributed by atoms with Gasteiger partial charge in [-0.1, -0.05) is 0 Å². The van der Waals surface area contributed by atoms with Crippen molar-refractivity contribution in [2.24, 2.45) is 0 Å². The molecular formula is C10H20AsO8S2-. The van der Waals surface area contributed by atoms with Gasteiger partial charge in [0.1, 0.15) is 0 Å². The summed E-state index contributed by atoms with van der Waals surface area (Å²) in [7, 11) is 0.767. The van der Waals surface area contributed by atoms with Gasteiger partial charge >= 0.3 is 130 Å². The van der Waals surface area contributed by atoms with E-state index in [0.717, 1.165) is 0 Å². The van der Waals surface area contributed by atoms with Gasteiger partial charge in [0, 0.05) is 0 Å². The Balaban J connectivity index is 2.52. The predicted octanol–water partition coefficient (Wildman–Crippen LogP) is -1.24. The van der Waals surface area contributed by atoms with Crippen molar-refractivity contribution in [3.63, 3.8) is 0 Å². The van der Waals surface area contributed by atoms with Crippen molar-refractivity contribution in [2.75, 3.05) is 12.4 Å². The van der Waals surface area contributed by atoms with E-state index in [1.165, 1.54) is 0 Å². The summed E-state index contributed by atoms with van der Waals surface area (Å²) in [6.45, 7) is -0.500. The standard InChI is InChI=1S/C10H21AsO8S2/c1-11(2,20)3-7-8(13)9(14)10(19-7)18-4-6(12)5-21(15,16)17/h6-10,12-14H,3-5H2,1-2H3,(H,15,16,17)/p-1/t6?,7-,8-,9-,10-/m1/s1. The monoisotopic (exact) mass is 407 g/mol. The van der Waals surface area contributed by atoms with Crippen LogP contribution in [0.1, 0.15) is 0 Å². The van der Waals surface area contributed by atoms with Gasteiger partial charge in [-0.05, 0) is 0 Å². The molecule has 0 saturated carbocycles. The van der Waals surface area contributed by atoms with Crippen LogP contribution in [0.2, 0.25) is 16.6 Å². The first kappa shape index (κ1) is 19.5. The van der Waals surface area contributed by atoms with E-state index in [0.29, 0.717) is 5.21 Å². The molecule has 1 fully saturated rings. The molecule has 0 amide bonds. The molecule has 1 rings (SSSR count). The van der Waals surface area contributed by atoms with Crippen LogP contribution >= 0.6 is 10.4 Å². The molecule has 21 heavy (non-hydrogen) atoms. The average molecular weight is 407 g/mol. The Kier molecular flexibility index (Phi) is 6.86. The Morgan fingerprint density at radius 2 is 1.95 bits per heavy atom. The Bertz CT molecular complexity index is 489. The molecule has 1 heterocycles. The van der Waals surface area contributed by atoms with Crippen LogP contribution in [0, 0.1) is 0 Å². The van der Waals surface area contributed by atoms with E-state index < -0.39 is 65.1 Å². The van der Waals surface area contributed by atoms with Crippen LogP contribution in [0.5, 0.6) is 0 Å². The summed E-state index contributed by atoms with van der Waals surface area (Å²) in [5, 5.41) is 29.5. The minimum absolute atomic E-state index is 0.475. The zero-order valence-corrected chi connectivity index (χ0v) is 15.2. The summed E-state index contributed by atoms with van der Waals surface area (Å²) in [5.41, 5.74) is 3.88. The molecule has 8 nitrogen and oxygen atoms in total. The van der Waals surface area contributed by atoms with Gasteiger partial charge in [0.15, 0.2) is 0 Å². The van der Waals surface area contributed by atoms with Gasteiger partial charge < -0.3 is 0 Å². The van der Waals surface area contributed by atoms with Gasteiger partial charge in [-0.2, -0.15) is 0 Å². The third-order valence-electron chi connectivity index (χ3n) is 2.79. The predicted molar refractivity (Wildman–Crippen MR) is 77.1 cm³/mol. The van der Waals surface area contributed by atoms with E-state index in [9.17, 15) is 28.3 Å². The van der Waals surface area contributed by atoms with Gasteiger partial charge in [-0.25, -0.2) is 0 Å². The number of ether oxygens (including phenoxy) is 2. The van der Waals surface area contributed by atoms with E-state index in [1.807, 2.05) is 11.4 Å². The quantitative estimate of drug-likeness (QED) is 0.350. The van der Waals surface area contributed by atoms with Crippen LogP contribution in [0.15, 0.2) is 0 Å². The van der Waals surface area contributed by atoms with Gasteiger partial charge in [-0.3, -0.25) is 0 Å². The summed E-state index contributed by atoms with van der Waals surface area (Å²) >= 11 is -2.27. The molecule has 0 aromatic heterocycles. The summed E-state index contributed by atoms with van der Waals surface area (Å²) in [5.74, 6) is -0.991. The molecule has 0 bridgehead atoms. The van der Waals surface area contributed by atoms with Crippen LogP contribution < -0.4 is 0 Å². The van der Waals surface area contributed by atoms with E-state index in [2.05, 4.69) is 0 Å². The maximum absolute atomic E-state index is 10.5. The second-order valence-electron chi connectivity index (χ2n) is 5.49. The fraction of sp³-hybridized carbons (Fsp3) is 1.00. The molecule has 0 aromatic rings. The fourth-order valence-electron chi connectivity index (χ4n) is 1.93. The van der Waals surface area contributed by atoms with E-state index in [4.69, 9.17) is 19.9 Å². The van der Waals surface area contributed by atoms with Gasteiger partial charge in [-0.15, -0.1) is 0 Å². The molecule has 1 aliphatic heterocycles. The molecule has 1 saturated heterocycles. The maximum atomic E-state index is 10.5. The van der Waals surface area contributed by atoms with Crippen molar-refractivity contribution < 1.29 is 37.8 Å². The molecule has 0 radical (unpaired) electrons. The van der Waals surface area contributed by atoms with Crippen molar-refractivity contribution in [2.45, 2.75) is 47.3 Å². The molecule has 3 N–H and O–H groups in total. The number of rotatable bonds is 7. The molecular weight excluding hydrogens is 387 g/mol. The molecule has 1 unspecified atom stereocenters. The summed E-state index contributed by atoms with van der Waals surface area (Å²) in [6, 6.07) is 0. The number of aliphatic hydroxyl groups is 3. The minimum atomic E-state index is -4.57. The second kappa shape index (κ2) is 7.37. The second-order valence-corrected chi connectivity index (χ2v) is 19.4. The molecule has 0 aromatic carbocycles. The molecule has 11 heteroatoms. The summed E-state index contributed by atoms with van der Waals surface area (Å²) in [6.07, 6.45) is -5.83. The van der Waals surface area contributed by atoms with Crippen molar-refractivity contribution in [3.8, 4) is 0 Å². The Labute approximate surface area is 130 Å².